The maximum Gasteiger partial charge on any atom is 0.419 e. The first kappa shape index (κ1) is 18.2. The van der Waals surface area contributed by atoms with Gasteiger partial charge < -0.3 is 14.6 Å². The molecule has 2 amide bonds. The molecule has 7 heteroatoms. The van der Waals surface area contributed by atoms with Crippen LogP contribution in [0.1, 0.15) is 33.1 Å². The van der Waals surface area contributed by atoms with Crippen molar-refractivity contribution in [3.63, 3.8) is 0 Å². The minimum Gasteiger partial charge on any atom is -0.408 e. The van der Waals surface area contributed by atoms with Gasteiger partial charge in [0, 0.05) is 37.8 Å². The molecule has 3 rings (SSSR count). The topological polar surface area (TPSA) is 84.6 Å². The van der Waals surface area contributed by atoms with Crippen molar-refractivity contribution in [2.75, 3.05) is 18.4 Å². The number of aromatic nitrogens is 1. The lowest BCUT2D eigenvalue weighted by molar-refractivity contribution is -0.138. The fraction of sp³-hybridized carbons (Fsp3) is 0.526. The van der Waals surface area contributed by atoms with Gasteiger partial charge >= 0.3 is 5.76 Å². The summed E-state index contributed by atoms with van der Waals surface area (Å²) in [5.41, 5.74) is 1.70. The lowest BCUT2D eigenvalue weighted by atomic mass is 9.95. The van der Waals surface area contributed by atoms with Gasteiger partial charge in [-0.05, 0) is 31.4 Å². The van der Waals surface area contributed by atoms with E-state index in [9.17, 15) is 14.4 Å². The first-order valence-electron chi connectivity index (χ1n) is 9.10. The summed E-state index contributed by atoms with van der Waals surface area (Å²) in [5.74, 6) is -0.660. The van der Waals surface area contributed by atoms with Crippen LogP contribution in [0.25, 0.3) is 11.1 Å². The number of aryl methyl sites for hydroxylation is 1. The zero-order valence-corrected chi connectivity index (χ0v) is 15.4. The summed E-state index contributed by atoms with van der Waals surface area (Å²) in [5, 5.41) is 2.89. The minimum atomic E-state index is -0.435. The van der Waals surface area contributed by atoms with Gasteiger partial charge in [0.15, 0.2) is 5.58 Å². The number of anilines is 1. The van der Waals surface area contributed by atoms with Crippen LogP contribution in [0, 0.1) is 11.8 Å². The summed E-state index contributed by atoms with van der Waals surface area (Å²) in [6.45, 7) is 5.09. The number of oxazole rings is 1. The molecule has 1 aliphatic heterocycles. The molecule has 140 valence electrons. The van der Waals surface area contributed by atoms with Crippen LogP contribution in [0.3, 0.4) is 0 Å². The minimum absolute atomic E-state index is 0.0137. The quantitative estimate of drug-likeness (QED) is 0.908. The third-order valence-electron chi connectivity index (χ3n) is 5.20. The number of carbonyl (C=O) groups is 2. The van der Waals surface area contributed by atoms with Gasteiger partial charge in [-0.25, -0.2) is 4.79 Å². The fourth-order valence-electron chi connectivity index (χ4n) is 3.33. The van der Waals surface area contributed by atoms with Crippen LogP contribution >= 0.6 is 0 Å². The summed E-state index contributed by atoms with van der Waals surface area (Å²) in [7, 11) is 1.64. The third kappa shape index (κ3) is 3.52. The Morgan fingerprint density at radius 2 is 2.15 bits per heavy atom. The normalized spacial score (nSPS) is 18.7. The van der Waals surface area contributed by atoms with Crippen molar-refractivity contribution >= 4 is 28.6 Å². The molecule has 1 aromatic heterocycles. The number of hydrogen-bond acceptors (Lipinski definition) is 4. The molecule has 2 heterocycles. The van der Waals surface area contributed by atoms with E-state index in [2.05, 4.69) is 5.32 Å². The standard InChI is InChI=1S/C19H25N3O4/c1-4-12(2)18(24)22-9-5-6-13(11-22)17(23)20-14-7-8-15-16(10-14)26-19(25)21(15)3/h7-8,10,12-13H,4-6,9,11H2,1-3H3,(H,20,23)/t12-,13-/m1/s1. The second-order valence-electron chi connectivity index (χ2n) is 7.03. The maximum atomic E-state index is 12.6. The SMILES string of the molecule is CC[C@@H](C)C(=O)N1CCC[C@@H](C(=O)Nc2ccc3c(c2)oc(=O)n3C)C1. The Kier molecular flexibility index (Phi) is 5.15. The number of benzene rings is 1. The Bertz CT molecular complexity index is 883. The van der Waals surface area contributed by atoms with Crippen LogP contribution in [-0.4, -0.2) is 34.4 Å². The van der Waals surface area contributed by atoms with E-state index in [0.717, 1.165) is 19.3 Å². The predicted molar refractivity (Wildman–Crippen MR) is 98.8 cm³/mol. The molecule has 0 aliphatic carbocycles. The average Bonchev–Trinajstić information content (AvgIpc) is 2.94. The van der Waals surface area contributed by atoms with Crippen LogP contribution < -0.4 is 11.1 Å². The molecule has 0 unspecified atom stereocenters. The highest BCUT2D eigenvalue weighted by Crippen LogP contribution is 2.22. The fourth-order valence-corrected chi connectivity index (χ4v) is 3.33. The molecule has 1 aliphatic rings. The Labute approximate surface area is 152 Å². The van der Waals surface area contributed by atoms with Crippen molar-refractivity contribution in [3.8, 4) is 0 Å². The third-order valence-corrected chi connectivity index (χ3v) is 5.20. The number of nitrogens with zero attached hydrogens (tertiary/aromatic N) is 2. The van der Waals surface area contributed by atoms with Gasteiger partial charge in [-0.1, -0.05) is 13.8 Å². The molecule has 0 bridgehead atoms. The maximum absolute atomic E-state index is 12.6. The molecular weight excluding hydrogens is 334 g/mol. The van der Waals surface area contributed by atoms with Crippen LogP contribution in [0.15, 0.2) is 27.4 Å². The largest absolute Gasteiger partial charge is 0.419 e. The predicted octanol–water partition coefficient (Wildman–Crippen LogP) is 2.35. The molecular formula is C19H25N3O4. The van der Waals surface area contributed by atoms with Gasteiger partial charge in [-0.3, -0.25) is 14.2 Å². The zero-order chi connectivity index (χ0) is 18.8. The molecule has 0 spiro atoms. The average molecular weight is 359 g/mol. The van der Waals surface area contributed by atoms with Crippen LogP contribution in [0.2, 0.25) is 0 Å². The Morgan fingerprint density at radius 3 is 2.88 bits per heavy atom. The number of amides is 2. The van der Waals surface area contributed by atoms with Crippen LogP contribution in [0.5, 0.6) is 0 Å². The summed E-state index contributed by atoms with van der Waals surface area (Å²) >= 11 is 0. The van der Waals surface area contributed by atoms with E-state index in [-0.39, 0.29) is 23.7 Å². The number of nitrogens with one attached hydrogen (secondary N) is 1. The lowest BCUT2D eigenvalue weighted by Gasteiger charge is -2.33. The highest BCUT2D eigenvalue weighted by atomic mass is 16.4. The van der Waals surface area contributed by atoms with Crippen molar-refractivity contribution in [2.45, 2.75) is 33.1 Å². The molecule has 0 saturated carbocycles. The van der Waals surface area contributed by atoms with Crippen molar-refractivity contribution < 1.29 is 14.0 Å². The first-order chi connectivity index (χ1) is 12.4. The first-order valence-corrected chi connectivity index (χ1v) is 9.10. The Balaban J connectivity index is 1.69. The summed E-state index contributed by atoms with van der Waals surface area (Å²) in [6, 6.07) is 5.15. The van der Waals surface area contributed by atoms with E-state index < -0.39 is 5.76 Å². The van der Waals surface area contributed by atoms with Crippen molar-refractivity contribution in [1.82, 2.24) is 9.47 Å². The molecule has 1 saturated heterocycles. The van der Waals surface area contributed by atoms with E-state index in [1.165, 1.54) is 4.57 Å². The van der Waals surface area contributed by atoms with E-state index in [0.29, 0.717) is 29.9 Å². The highest BCUT2D eigenvalue weighted by molar-refractivity contribution is 5.94. The van der Waals surface area contributed by atoms with Crippen LogP contribution in [0.4, 0.5) is 5.69 Å². The van der Waals surface area contributed by atoms with Gasteiger partial charge in [-0.2, -0.15) is 0 Å². The van der Waals surface area contributed by atoms with Gasteiger partial charge in [0.05, 0.1) is 11.4 Å². The van der Waals surface area contributed by atoms with Crippen molar-refractivity contribution in [1.29, 1.82) is 0 Å². The van der Waals surface area contributed by atoms with Gasteiger partial charge in [-0.15, -0.1) is 0 Å². The van der Waals surface area contributed by atoms with E-state index in [1.54, 1.807) is 30.1 Å². The van der Waals surface area contributed by atoms with Gasteiger partial charge in [0.25, 0.3) is 0 Å². The Hall–Kier alpha value is -2.57. The Morgan fingerprint density at radius 1 is 1.38 bits per heavy atom. The lowest BCUT2D eigenvalue weighted by Crippen LogP contribution is -2.45. The number of rotatable bonds is 4. The second kappa shape index (κ2) is 7.35. The molecule has 0 radical (unpaired) electrons. The van der Waals surface area contributed by atoms with E-state index in [1.807, 2.05) is 13.8 Å². The van der Waals surface area contributed by atoms with Gasteiger partial charge in [0.2, 0.25) is 11.8 Å². The van der Waals surface area contributed by atoms with Crippen molar-refractivity contribution in [2.24, 2.45) is 18.9 Å². The number of likely N-dealkylation sites (tertiary alicyclic amines) is 1. The molecule has 1 N–H and O–H groups in total. The number of hydrogen-bond donors (Lipinski definition) is 1. The molecule has 2 atom stereocenters. The van der Waals surface area contributed by atoms with E-state index >= 15 is 0 Å². The molecule has 2 aromatic rings. The molecule has 26 heavy (non-hydrogen) atoms. The number of carbonyl (C=O) groups excluding carboxylic acids is 2. The summed E-state index contributed by atoms with van der Waals surface area (Å²) < 4.78 is 6.57. The van der Waals surface area contributed by atoms with Crippen LogP contribution in [-0.2, 0) is 16.6 Å². The number of piperidine rings is 1. The summed E-state index contributed by atoms with van der Waals surface area (Å²) in [4.78, 5) is 38.4. The number of fused-ring (bicyclic) bond motifs is 1. The van der Waals surface area contributed by atoms with E-state index in [4.69, 9.17) is 4.42 Å². The smallest absolute Gasteiger partial charge is 0.408 e. The highest BCUT2D eigenvalue weighted by Gasteiger charge is 2.30. The molecule has 1 fully saturated rings. The molecule has 7 nitrogen and oxygen atoms in total. The molecule has 1 aromatic carbocycles. The van der Waals surface area contributed by atoms with Crippen molar-refractivity contribution in [3.05, 3.63) is 28.7 Å². The summed E-state index contributed by atoms with van der Waals surface area (Å²) in [6.07, 6.45) is 2.39. The van der Waals surface area contributed by atoms with Gasteiger partial charge in [0.1, 0.15) is 0 Å². The zero-order valence-electron chi connectivity index (χ0n) is 15.4. The second-order valence-corrected chi connectivity index (χ2v) is 7.03. The monoisotopic (exact) mass is 359 g/mol.